The molecule has 2 aliphatic carbocycles. The Morgan fingerprint density at radius 1 is 1.05 bits per heavy atom. The van der Waals surface area contributed by atoms with Crippen LogP contribution >= 0.6 is 23.2 Å². The fraction of sp³-hybridized carbons (Fsp3) is 0.323. The normalized spacial score (nSPS) is 32.3. The van der Waals surface area contributed by atoms with Gasteiger partial charge < -0.3 is 14.6 Å². The Balaban J connectivity index is 1.40. The van der Waals surface area contributed by atoms with Crippen LogP contribution in [-0.4, -0.2) is 56.6 Å². The number of methoxy groups -OCH3 is 1. The van der Waals surface area contributed by atoms with Crippen LogP contribution in [0.1, 0.15) is 18.4 Å². The number of fused-ring (bicyclic) bond motifs is 5. The van der Waals surface area contributed by atoms with Gasteiger partial charge in [-0.3, -0.25) is 19.2 Å². The molecule has 1 saturated carbocycles. The van der Waals surface area contributed by atoms with Crippen molar-refractivity contribution in [3.63, 3.8) is 0 Å². The molecule has 2 aromatic carbocycles. The van der Waals surface area contributed by atoms with Gasteiger partial charge >= 0.3 is 6.09 Å². The van der Waals surface area contributed by atoms with E-state index in [1.54, 1.807) is 12.1 Å². The maximum Gasteiger partial charge on any atom is 0.423 e. The lowest BCUT2D eigenvalue weighted by molar-refractivity contribution is -0.138. The van der Waals surface area contributed by atoms with E-state index in [-0.39, 0.29) is 30.7 Å². The minimum atomic E-state index is -2.13. The van der Waals surface area contributed by atoms with Gasteiger partial charge in [0.1, 0.15) is 17.3 Å². The first-order chi connectivity index (χ1) is 20.9. The molecule has 5 amide bonds. The number of aromatic hydroxyl groups is 1. The molecule has 3 aliphatic heterocycles. The number of benzene rings is 2. The summed E-state index contributed by atoms with van der Waals surface area (Å²) in [5.41, 5.74) is 1.58. The predicted octanol–water partition coefficient (Wildman–Crippen LogP) is 4.21. The Kier molecular flexibility index (Phi) is 6.25. The van der Waals surface area contributed by atoms with E-state index in [0.29, 0.717) is 27.4 Å². The zero-order chi connectivity index (χ0) is 31.3. The van der Waals surface area contributed by atoms with E-state index < -0.39 is 69.0 Å². The quantitative estimate of drug-likeness (QED) is 0.293. The summed E-state index contributed by atoms with van der Waals surface area (Å²) >= 11 is 14.6. The topological polar surface area (TPSA) is 131 Å². The second-order valence-electron chi connectivity index (χ2n) is 11.5. The van der Waals surface area contributed by atoms with Gasteiger partial charge in [-0.1, -0.05) is 11.6 Å². The van der Waals surface area contributed by atoms with Crippen molar-refractivity contribution in [3.05, 3.63) is 77.3 Å². The first-order valence-electron chi connectivity index (χ1n) is 13.8. The number of hydrogen-bond acceptors (Lipinski definition) is 8. The van der Waals surface area contributed by atoms with Gasteiger partial charge in [0.25, 0.3) is 11.8 Å². The number of carbonyl (C=O) groups is 5. The number of likely N-dealkylation sites (tertiary alicyclic amines) is 1. The Bertz CT molecular complexity index is 1760. The van der Waals surface area contributed by atoms with Gasteiger partial charge in [-0.2, -0.15) is 4.90 Å². The zero-order valence-electron chi connectivity index (χ0n) is 23.0. The van der Waals surface area contributed by atoms with E-state index in [1.165, 1.54) is 30.5 Å². The Labute approximate surface area is 259 Å². The van der Waals surface area contributed by atoms with Crippen molar-refractivity contribution in [1.29, 1.82) is 0 Å². The fourth-order valence-electron chi connectivity index (χ4n) is 7.48. The third-order valence-electron chi connectivity index (χ3n) is 9.40. The van der Waals surface area contributed by atoms with Gasteiger partial charge in [-0.15, -0.1) is 23.2 Å². The molecule has 5 aliphatic rings. The SMILES string of the molecule is COC(=O)N1C(=O)[C@H]2[C@H](CC=C3[C@H](C4=COc5ccc(O)cc5C4)[C@]4(Cl)C(=O)N(c5ccc(F)cc5)C(=O)[C@]4(Cl)C[C@H]32)C1=O. The first kappa shape index (κ1) is 28.5. The van der Waals surface area contributed by atoms with Crippen LogP contribution in [0.25, 0.3) is 0 Å². The number of phenols is 1. The summed E-state index contributed by atoms with van der Waals surface area (Å²) in [5, 5.41) is 10.1. The molecule has 0 radical (unpaired) electrons. The van der Waals surface area contributed by atoms with E-state index >= 15 is 0 Å². The smallest absolute Gasteiger partial charge is 0.423 e. The number of allylic oxidation sites excluding steroid dienone is 3. The number of nitrogens with zero attached hydrogens (tertiary/aromatic N) is 2. The fourth-order valence-corrected chi connectivity index (χ4v) is 8.43. The molecule has 1 N–H and O–H groups in total. The lowest BCUT2D eigenvalue weighted by Crippen LogP contribution is -2.61. The van der Waals surface area contributed by atoms with Gasteiger partial charge in [0, 0.05) is 17.9 Å². The van der Waals surface area contributed by atoms with Crippen LogP contribution in [0.5, 0.6) is 11.5 Å². The molecule has 3 fully saturated rings. The van der Waals surface area contributed by atoms with Crippen LogP contribution in [0.4, 0.5) is 14.9 Å². The number of alkyl halides is 2. The van der Waals surface area contributed by atoms with Crippen LogP contribution in [0.15, 0.2) is 65.9 Å². The molecule has 13 heteroatoms. The third-order valence-corrected chi connectivity index (χ3v) is 10.8. The number of hydrogen-bond donors (Lipinski definition) is 1. The molecule has 0 spiro atoms. The van der Waals surface area contributed by atoms with Crippen molar-refractivity contribution in [1.82, 2.24) is 4.90 Å². The number of amides is 5. The molecule has 44 heavy (non-hydrogen) atoms. The zero-order valence-corrected chi connectivity index (χ0v) is 24.5. The molecule has 10 nitrogen and oxygen atoms in total. The average Bonchev–Trinajstić information content (AvgIpc) is 3.34. The van der Waals surface area contributed by atoms with Crippen LogP contribution in [0.3, 0.4) is 0 Å². The molecule has 3 heterocycles. The molecule has 0 bridgehead atoms. The van der Waals surface area contributed by atoms with E-state index in [0.717, 1.165) is 24.1 Å². The Hall–Kier alpha value is -4.22. The number of anilines is 1. The average molecular weight is 641 g/mol. The van der Waals surface area contributed by atoms with Crippen molar-refractivity contribution < 1.29 is 42.9 Å². The molecule has 226 valence electrons. The Morgan fingerprint density at radius 2 is 1.77 bits per heavy atom. The minimum Gasteiger partial charge on any atom is -0.508 e. The number of halogens is 3. The maximum absolute atomic E-state index is 14.4. The maximum atomic E-state index is 14.4. The van der Waals surface area contributed by atoms with Crippen molar-refractivity contribution in [2.45, 2.75) is 29.0 Å². The lowest BCUT2D eigenvalue weighted by Gasteiger charge is -2.51. The summed E-state index contributed by atoms with van der Waals surface area (Å²) in [7, 11) is 1.05. The van der Waals surface area contributed by atoms with Crippen LogP contribution in [0.2, 0.25) is 0 Å². The summed E-state index contributed by atoms with van der Waals surface area (Å²) in [5.74, 6) is -7.34. The van der Waals surface area contributed by atoms with E-state index in [1.807, 2.05) is 0 Å². The molecular formula is C31H23Cl2FN2O8. The van der Waals surface area contributed by atoms with Gasteiger partial charge in [-0.05, 0) is 66.8 Å². The first-order valence-corrected chi connectivity index (χ1v) is 14.5. The standard InChI is InChI=1S/C31H23Cl2FN2O8/c1-43-29(42)36-25(38)20-8-7-19-21(23(20)26(36)39)12-30(32)27(40)35(17-4-2-16(34)3-5-17)28(41)31(30,33)24(19)15-10-14-11-18(37)6-9-22(14)44-13-15/h2-7,9,11,13,20-21,23-24,37H,8,10,12H2,1H3/t20-,21+,23-,24-,30+,31-/m0/s1. The molecule has 6 atom stereocenters. The molecule has 2 aromatic rings. The largest absolute Gasteiger partial charge is 0.508 e. The summed E-state index contributed by atoms with van der Waals surface area (Å²) in [6.45, 7) is 0. The highest BCUT2D eigenvalue weighted by Crippen LogP contribution is 2.65. The number of imide groups is 4. The number of carbonyl (C=O) groups excluding carboxylic acids is 5. The second kappa shape index (κ2) is 9.64. The second-order valence-corrected chi connectivity index (χ2v) is 12.8. The Morgan fingerprint density at radius 3 is 2.48 bits per heavy atom. The summed E-state index contributed by atoms with van der Waals surface area (Å²) in [6, 6.07) is 9.25. The highest BCUT2D eigenvalue weighted by molar-refractivity contribution is 6.58. The number of rotatable bonds is 2. The van der Waals surface area contributed by atoms with Crippen molar-refractivity contribution in [2.75, 3.05) is 12.0 Å². The lowest BCUT2D eigenvalue weighted by atomic mass is 9.56. The monoisotopic (exact) mass is 640 g/mol. The van der Waals surface area contributed by atoms with E-state index in [9.17, 15) is 33.5 Å². The van der Waals surface area contributed by atoms with Gasteiger partial charge in [0.05, 0.1) is 30.9 Å². The molecule has 7 rings (SSSR count). The predicted molar refractivity (Wildman–Crippen MR) is 152 cm³/mol. The molecule has 0 unspecified atom stereocenters. The summed E-state index contributed by atoms with van der Waals surface area (Å²) in [6.07, 6.45) is 1.92. The highest BCUT2D eigenvalue weighted by atomic mass is 35.5. The van der Waals surface area contributed by atoms with Gasteiger partial charge in [0.15, 0.2) is 9.75 Å². The van der Waals surface area contributed by atoms with Crippen molar-refractivity contribution >= 4 is 58.6 Å². The van der Waals surface area contributed by atoms with Gasteiger partial charge in [0.2, 0.25) is 11.8 Å². The molecule has 0 aromatic heterocycles. The number of phenolic OH excluding ortho intramolecular Hbond substituents is 1. The van der Waals surface area contributed by atoms with Crippen molar-refractivity contribution in [3.8, 4) is 11.5 Å². The van der Waals surface area contributed by atoms with E-state index in [2.05, 4.69) is 4.74 Å². The van der Waals surface area contributed by atoms with Crippen molar-refractivity contribution in [2.24, 2.45) is 23.7 Å². The highest BCUT2D eigenvalue weighted by Gasteiger charge is 2.77. The summed E-state index contributed by atoms with van der Waals surface area (Å²) in [4.78, 5) is 65.0. The van der Waals surface area contributed by atoms with Gasteiger partial charge in [-0.25, -0.2) is 14.1 Å². The van der Waals surface area contributed by atoms with Crippen LogP contribution in [0, 0.1) is 29.5 Å². The molecular weight excluding hydrogens is 618 g/mol. The van der Waals surface area contributed by atoms with Crippen LogP contribution < -0.4 is 9.64 Å². The minimum absolute atomic E-state index is 0.0188. The van der Waals surface area contributed by atoms with E-state index in [4.69, 9.17) is 27.9 Å². The summed E-state index contributed by atoms with van der Waals surface area (Å²) < 4.78 is 24.4. The number of ether oxygens (including phenoxy) is 2. The van der Waals surface area contributed by atoms with Crippen LogP contribution in [-0.2, 0) is 30.3 Å². The molecule has 2 saturated heterocycles. The third kappa shape index (κ3) is 3.62.